The van der Waals surface area contributed by atoms with Crippen LogP contribution < -0.4 is 5.32 Å². The van der Waals surface area contributed by atoms with Crippen LogP contribution >= 0.6 is 0 Å². The zero-order valence-corrected chi connectivity index (χ0v) is 11.5. The molecule has 1 aromatic heterocycles. The van der Waals surface area contributed by atoms with Crippen molar-refractivity contribution in [1.82, 2.24) is 20.1 Å². The van der Waals surface area contributed by atoms with Gasteiger partial charge < -0.3 is 15.1 Å². The van der Waals surface area contributed by atoms with Crippen LogP contribution in [0.1, 0.15) is 12.0 Å². The van der Waals surface area contributed by atoms with E-state index in [0.29, 0.717) is 39.1 Å². The molecule has 2 amide bonds. The summed E-state index contributed by atoms with van der Waals surface area (Å²) in [4.78, 5) is 30.0. The summed E-state index contributed by atoms with van der Waals surface area (Å²) in [6.07, 6.45) is 4.85. The number of pyridine rings is 1. The Kier molecular flexibility index (Phi) is 5.49. The SMILES string of the molecule is O=CN1CCN(C(=O)CCNCc2ccncc2)CC1. The van der Waals surface area contributed by atoms with Crippen LogP contribution in [0.15, 0.2) is 24.5 Å². The van der Waals surface area contributed by atoms with Gasteiger partial charge in [-0.05, 0) is 17.7 Å². The van der Waals surface area contributed by atoms with Gasteiger partial charge in [-0.3, -0.25) is 14.6 Å². The van der Waals surface area contributed by atoms with Gasteiger partial charge >= 0.3 is 0 Å². The van der Waals surface area contributed by atoms with Crippen LogP contribution in [-0.4, -0.2) is 59.8 Å². The molecule has 0 saturated carbocycles. The van der Waals surface area contributed by atoms with Crippen LogP contribution in [-0.2, 0) is 16.1 Å². The molecule has 1 aromatic rings. The Labute approximate surface area is 118 Å². The van der Waals surface area contributed by atoms with Crippen molar-refractivity contribution < 1.29 is 9.59 Å². The van der Waals surface area contributed by atoms with Crippen molar-refractivity contribution in [2.24, 2.45) is 0 Å². The molecule has 0 aromatic carbocycles. The average molecular weight is 276 g/mol. The molecule has 1 N–H and O–H groups in total. The standard InChI is InChI=1S/C14H20N4O2/c19-12-17-7-9-18(10-8-17)14(20)3-6-16-11-13-1-4-15-5-2-13/h1-2,4-5,12,16H,3,6-11H2. The molecule has 2 heterocycles. The minimum atomic E-state index is 0.151. The molecule has 20 heavy (non-hydrogen) atoms. The van der Waals surface area contributed by atoms with Gasteiger partial charge in [-0.1, -0.05) is 0 Å². The number of amides is 2. The second kappa shape index (κ2) is 7.59. The Morgan fingerprint density at radius 3 is 2.60 bits per heavy atom. The van der Waals surface area contributed by atoms with Gasteiger partial charge in [-0.25, -0.2) is 0 Å². The molecule has 1 saturated heterocycles. The second-order valence-corrected chi connectivity index (χ2v) is 4.80. The molecule has 0 aliphatic carbocycles. The van der Waals surface area contributed by atoms with E-state index in [1.165, 1.54) is 0 Å². The molecule has 1 aliphatic rings. The van der Waals surface area contributed by atoms with Crippen molar-refractivity contribution in [2.45, 2.75) is 13.0 Å². The Morgan fingerprint density at radius 1 is 1.25 bits per heavy atom. The monoisotopic (exact) mass is 276 g/mol. The van der Waals surface area contributed by atoms with Crippen molar-refractivity contribution in [2.75, 3.05) is 32.7 Å². The molecular weight excluding hydrogens is 256 g/mol. The number of piperazine rings is 1. The lowest BCUT2D eigenvalue weighted by atomic mass is 10.2. The number of nitrogens with zero attached hydrogens (tertiary/aromatic N) is 3. The molecule has 1 fully saturated rings. The summed E-state index contributed by atoms with van der Waals surface area (Å²) >= 11 is 0. The summed E-state index contributed by atoms with van der Waals surface area (Å²) in [7, 11) is 0. The van der Waals surface area contributed by atoms with Crippen molar-refractivity contribution in [3.05, 3.63) is 30.1 Å². The topological polar surface area (TPSA) is 65.5 Å². The van der Waals surface area contributed by atoms with Gasteiger partial charge in [0.1, 0.15) is 0 Å². The van der Waals surface area contributed by atoms with Crippen LogP contribution in [0.5, 0.6) is 0 Å². The molecule has 0 spiro atoms. The first-order chi connectivity index (χ1) is 9.79. The first kappa shape index (κ1) is 14.5. The predicted molar refractivity (Wildman–Crippen MR) is 74.8 cm³/mol. The smallest absolute Gasteiger partial charge is 0.223 e. The normalized spacial score (nSPS) is 15.2. The zero-order chi connectivity index (χ0) is 14.2. The van der Waals surface area contributed by atoms with Gasteiger partial charge in [0.15, 0.2) is 0 Å². The number of hydrogen-bond donors (Lipinski definition) is 1. The zero-order valence-electron chi connectivity index (χ0n) is 11.5. The summed E-state index contributed by atoms with van der Waals surface area (Å²) in [5.74, 6) is 0.151. The highest BCUT2D eigenvalue weighted by atomic mass is 16.2. The van der Waals surface area contributed by atoms with E-state index in [4.69, 9.17) is 0 Å². The van der Waals surface area contributed by atoms with Gasteiger partial charge in [0.2, 0.25) is 12.3 Å². The molecule has 0 bridgehead atoms. The second-order valence-electron chi connectivity index (χ2n) is 4.80. The highest BCUT2D eigenvalue weighted by Crippen LogP contribution is 2.02. The van der Waals surface area contributed by atoms with E-state index in [-0.39, 0.29) is 5.91 Å². The molecule has 2 rings (SSSR count). The fourth-order valence-corrected chi connectivity index (χ4v) is 2.16. The van der Waals surface area contributed by atoms with Gasteiger partial charge in [-0.2, -0.15) is 0 Å². The largest absolute Gasteiger partial charge is 0.342 e. The van der Waals surface area contributed by atoms with Crippen LogP contribution in [0.4, 0.5) is 0 Å². The molecule has 108 valence electrons. The third kappa shape index (κ3) is 4.31. The van der Waals surface area contributed by atoms with Crippen LogP contribution in [0.2, 0.25) is 0 Å². The van der Waals surface area contributed by atoms with Crippen molar-refractivity contribution in [3.8, 4) is 0 Å². The van der Waals surface area contributed by atoms with E-state index in [1.807, 2.05) is 17.0 Å². The maximum Gasteiger partial charge on any atom is 0.223 e. The Morgan fingerprint density at radius 2 is 1.95 bits per heavy atom. The van der Waals surface area contributed by atoms with E-state index in [9.17, 15) is 9.59 Å². The average Bonchev–Trinajstić information content (AvgIpc) is 2.52. The minimum absolute atomic E-state index is 0.151. The third-order valence-corrected chi connectivity index (χ3v) is 3.41. The highest BCUT2D eigenvalue weighted by molar-refractivity contribution is 5.76. The maximum atomic E-state index is 12.0. The summed E-state index contributed by atoms with van der Waals surface area (Å²) in [6.45, 7) is 3.97. The fraction of sp³-hybridized carbons (Fsp3) is 0.500. The lowest BCUT2D eigenvalue weighted by molar-refractivity contribution is -0.135. The summed E-state index contributed by atoms with van der Waals surface area (Å²) in [5.41, 5.74) is 1.16. The lowest BCUT2D eigenvalue weighted by Crippen LogP contribution is -2.48. The summed E-state index contributed by atoms with van der Waals surface area (Å²) in [6, 6.07) is 3.90. The number of carbonyl (C=O) groups excluding carboxylic acids is 2. The Bertz CT molecular complexity index is 430. The number of hydrogen-bond acceptors (Lipinski definition) is 4. The lowest BCUT2D eigenvalue weighted by Gasteiger charge is -2.32. The van der Waals surface area contributed by atoms with Crippen LogP contribution in [0.25, 0.3) is 0 Å². The van der Waals surface area contributed by atoms with E-state index in [2.05, 4.69) is 10.3 Å². The first-order valence-electron chi connectivity index (χ1n) is 6.86. The molecular formula is C14H20N4O2. The molecule has 6 heteroatoms. The Hall–Kier alpha value is -1.95. The molecule has 0 unspecified atom stereocenters. The predicted octanol–water partition coefficient (Wildman–Crippen LogP) is -0.138. The van der Waals surface area contributed by atoms with Gasteiger partial charge in [0.25, 0.3) is 0 Å². The highest BCUT2D eigenvalue weighted by Gasteiger charge is 2.19. The van der Waals surface area contributed by atoms with Crippen LogP contribution in [0, 0.1) is 0 Å². The van der Waals surface area contributed by atoms with Gasteiger partial charge in [-0.15, -0.1) is 0 Å². The number of rotatable bonds is 6. The van der Waals surface area contributed by atoms with Crippen LogP contribution in [0.3, 0.4) is 0 Å². The van der Waals surface area contributed by atoms with Gasteiger partial charge in [0, 0.05) is 58.1 Å². The number of nitrogens with one attached hydrogen (secondary N) is 1. The van der Waals surface area contributed by atoms with E-state index < -0.39 is 0 Å². The molecule has 6 nitrogen and oxygen atoms in total. The number of carbonyl (C=O) groups is 2. The molecule has 0 radical (unpaired) electrons. The van der Waals surface area contributed by atoms with Crippen molar-refractivity contribution in [1.29, 1.82) is 0 Å². The van der Waals surface area contributed by atoms with Crippen molar-refractivity contribution >= 4 is 12.3 Å². The summed E-state index contributed by atoms with van der Waals surface area (Å²) in [5, 5.41) is 3.25. The van der Waals surface area contributed by atoms with Gasteiger partial charge in [0.05, 0.1) is 0 Å². The number of aromatic nitrogens is 1. The minimum Gasteiger partial charge on any atom is -0.342 e. The maximum absolute atomic E-state index is 12.0. The summed E-state index contributed by atoms with van der Waals surface area (Å²) < 4.78 is 0. The van der Waals surface area contributed by atoms with E-state index in [1.54, 1.807) is 17.3 Å². The first-order valence-corrected chi connectivity index (χ1v) is 6.86. The van der Waals surface area contributed by atoms with E-state index >= 15 is 0 Å². The Balaban J connectivity index is 1.62. The molecule has 1 aliphatic heterocycles. The quantitative estimate of drug-likeness (QED) is 0.580. The fourth-order valence-electron chi connectivity index (χ4n) is 2.16. The molecule has 0 atom stereocenters. The van der Waals surface area contributed by atoms with Crippen molar-refractivity contribution in [3.63, 3.8) is 0 Å². The third-order valence-electron chi connectivity index (χ3n) is 3.41. The van der Waals surface area contributed by atoms with E-state index in [0.717, 1.165) is 18.5 Å².